The summed E-state index contributed by atoms with van der Waals surface area (Å²) in [6.07, 6.45) is 6.80. The lowest BCUT2D eigenvalue weighted by atomic mass is 9.82. The Morgan fingerprint density at radius 1 is 1.19 bits per heavy atom. The van der Waals surface area contributed by atoms with Gasteiger partial charge in [-0.25, -0.2) is 0 Å². The average Bonchev–Trinajstić information content (AvgIpc) is 2.77. The molecule has 1 aliphatic carbocycles. The van der Waals surface area contributed by atoms with E-state index in [4.69, 9.17) is 0 Å². The van der Waals surface area contributed by atoms with Gasteiger partial charge in [-0.1, -0.05) is 57.5 Å². The molecule has 1 saturated carbocycles. The predicted octanol–water partition coefficient (Wildman–Crippen LogP) is 5.29. The Hall–Kier alpha value is -1.11. The molecule has 0 unspecified atom stereocenters. The minimum absolute atomic E-state index is 0.348. The normalized spacial score (nSPS) is 27.0. The number of hydrogen-bond donors (Lipinski definition) is 0. The quantitative estimate of drug-likeness (QED) is 0.666. The van der Waals surface area contributed by atoms with Crippen molar-refractivity contribution in [2.75, 3.05) is 0 Å². The van der Waals surface area contributed by atoms with Gasteiger partial charge >= 0.3 is 0 Å². The second-order valence-corrected chi connectivity index (χ2v) is 7.03. The topological polar surface area (TPSA) is 17.1 Å². The van der Waals surface area contributed by atoms with E-state index in [1.165, 1.54) is 31.2 Å². The first-order chi connectivity index (χ1) is 10.1. The lowest BCUT2D eigenvalue weighted by Crippen LogP contribution is -2.17. The molecule has 1 aliphatic rings. The maximum Gasteiger partial charge on any atom is 0.136 e. The van der Waals surface area contributed by atoms with E-state index in [9.17, 15) is 4.79 Å². The van der Waals surface area contributed by atoms with Gasteiger partial charge in [-0.2, -0.15) is 0 Å². The molecule has 0 radical (unpaired) electrons. The van der Waals surface area contributed by atoms with E-state index in [-0.39, 0.29) is 0 Å². The number of Topliss-reactive ketones (excluding diaryl/α,β-unsaturated/α-hetero) is 1. The van der Waals surface area contributed by atoms with E-state index >= 15 is 0 Å². The largest absolute Gasteiger partial charge is 0.299 e. The van der Waals surface area contributed by atoms with Gasteiger partial charge in [0, 0.05) is 12.3 Å². The molecule has 21 heavy (non-hydrogen) atoms. The standard InChI is InChI=1S/C20H30O/c1-4-18-19(16(3)14-20(18)21)13-11-15(2)10-12-17-8-6-5-7-9-17/h5-9,15-16,18-19H,4,10-14H2,1-3H3/t15-,16+,18+,19-/m0/s1. The van der Waals surface area contributed by atoms with Gasteiger partial charge in [0.05, 0.1) is 0 Å². The predicted molar refractivity (Wildman–Crippen MR) is 89.2 cm³/mol. The Bertz CT molecular complexity index is 436. The number of ketones is 1. The Morgan fingerprint density at radius 2 is 1.90 bits per heavy atom. The molecule has 4 atom stereocenters. The molecule has 0 bridgehead atoms. The second-order valence-electron chi connectivity index (χ2n) is 7.03. The first kappa shape index (κ1) is 16.3. The Balaban J connectivity index is 1.76. The maximum atomic E-state index is 12.0. The SMILES string of the molecule is CC[C@H]1C(=O)C[C@@H](C)[C@@H]1CC[C@@H](C)CCc1ccccc1. The molecule has 0 aliphatic heterocycles. The molecule has 0 aromatic heterocycles. The van der Waals surface area contributed by atoms with Crippen molar-refractivity contribution in [2.45, 2.75) is 59.3 Å². The molecule has 0 amide bonds. The highest BCUT2D eigenvalue weighted by molar-refractivity contribution is 5.83. The smallest absolute Gasteiger partial charge is 0.136 e. The molecule has 0 saturated heterocycles. The van der Waals surface area contributed by atoms with Crippen molar-refractivity contribution >= 4 is 5.78 Å². The fourth-order valence-electron chi connectivity index (χ4n) is 3.95. The fraction of sp³-hybridized carbons (Fsp3) is 0.650. The molecule has 0 N–H and O–H groups in total. The average molecular weight is 286 g/mol. The highest BCUT2D eigenvalue weighted by Crippen LogP contribution is 2.39. The molecular formula is C20H30O. The van der Waals surface area contributed by atoms with Crippen molar-refractivity contribution in [1.29, 1.82) is 0 Å². The van der Waals surface area contributed by atoms with Crippen molar-refractivity contribution in [3.8, 4) is 0 Å². The van der Waals surface area contributed by atoms with Crippen LogP contribution in [0.5, 0.6) is 0 Å². The third-order valence-electron chi connectivity index (χ3n) is 5.39. The van der Waals surface area contributed by atoms with Crippen LogP contribution < -0.4 is 0 Å². The summed E-state index contributed by atoms with van der Waals surface area (Å²) < 4.78 is 0. The Labute approximate surface area is 130 Å². The first-order valence-electron chi connectivity index (χ1n) is 8.68. The van der Waals surface area contributed by atoms with Gasteiger partial charge in [0.25, 0.3) is 0 Å². The molecule has 1 nitrogen and oxygen atoms in total. The summed E-state index contributed by atoms with van der Waals surface area (Å²) in [6.45, 7) is 6.81. The molecule has 1 fully saturated rings. The summed E-state index contributed by atoms with van der Waals surface area (Å²) in [6, 6.07) is 10.8. The molecule has 2 rings (SSSR count). The van der Waals surface area contributed by atoms with Crippen molar-refractivity contribution in [3.05, 3.63) is 35.9 Å². The fourth-order valence-corrected chi connectivity index (χ4v) is 3.95. The summed E-state index contributed by atoms with van der Waals surface area (Å²) in [5, 5.41) is 0. The van der Waals surface area contributed by atoms with E-state index < -0.39 is 0 Å². The number of rotatable bonds is 7. The third-order valence-corrected chi connectivity index (χ3v) is 5.39. The lowest BCUT2D eigenvalue weighted by molar-refractivity contribution is -0.121. The van der Waals surface area contributed by atoms with Crippen molar-refractivity contribution in [3.63, 3.8) is 0 Å². The molecule has 0 heterocycles. The summed E-state index contributed by atoms with van der Waals surface area (Å²) in [5.41, 5.74) is 1.44. The summed E-state index contributed by atoms with van der Waals surface area (Å²) in [5.74, 6) is 2.87. The van der Waals surface area contributed by atoms with Gasteiger partial charge in [0.15, 0.2) is 0 Å². The van der Waals surface area contributed by atoms with Gasteiger partial charge < -0.3 is 0 Å². The Morgan fingerprint density at radius 3 is 2.57 bits per heavy atom. The van der Waals surface area contributed by atoms with Gasteiger partial charge in [0.2, 0.25) is 0 Å². The minimum Gasteiger partial charge on any atom is -0.299 e. The number of benzene rings is 1. The highest BCUT2D eigenvalue weighted by Gasteiger charge is 2.38. The van der Waals surface area contributed by atoms with Gasteiger partial charge in [-0.15, -0.1) is 0 Å². The van der Waals surface area contributed by atoms with Crippen LogP contribution in [0.25, 0.3) is 0 Å². The maximum absolute atomic E-state index is 12.0. The number of carbonyl (C=O) groups excluding carboxylic acids is 1. The van der Waals surface area contributed by atoms with Gasteiger partial charge in [-0.3, -0.25) is 4.79 Å². The molecule has 116 valence electrons. The van der Waals surface area contributed by atoms with E-state index in [0.29, 0.717) is 23.5 Å². The van der Waals surface area contributed by atoms with Crippen molar-refractivity contribution in [1.82, 2.24) is 0 Å². The first-order valence-corrected chi connectivity index (χ1v) is 8.68. The Kier molecular flexibility index (Phi) is 6.02. The van der Waals surface area contributed by atoms with Crippen LogP contribution in [-0.4, -0.2) is 5.78 Å². The number of carbonyl (C=O) groups is 1. The van der Waals surface area contributed by atoms with Gasteiger partial charge in [0.1, 0.15) is 5.78 Å². The van der Waals surface area contributed by atoms with Crippen molar-refractivity contribution in [2.24, 2.45) is 23.7 Å². The zero-order chi connectivity index (χ0) is 15.2. The zero-order valence-electron chi connectivity index (χ0n) is 13.8. The summed E-state index contributed by atoms with van der Waals surface area (Å²) in [7, 11) is 0. The van der Waals surface area contributed by atoms with Crippen LogP contribution in [0.4, 0.5) is 0 Å². The van der Waals surface area contributed by atoms with Crippen LogP contribution in [-0.2, 0) is 11.2 Å². The van der Waals surface area contributed by atoms with E-state index in [0.717, 1.165) is 18.8 Å². The summed E-state index contributed by atoms with van der Waals surface area (Å²) in [4.78, 5) is 12.0. The minimum atomic E-state index is 0.348. The zero-order valence-corrected chi connectivity index (χ0v) is 13.8. The molecule has 1 aromatic rings. The summed E-state index contributed by atoms with van der Waals surface area (Å²) >= 11 is 0. The monoisotopic (exact) mass is 286 g/mol. The molecular weight excluding hydrogens is 256 g/mol. The van der Waals surface area contributed by atoms with Crippen LogP contribution in [0.1, 0.15) is 58.4 Å². The molecule has 0 spiro atoms. The van der Waals surface area contributed by atoms with Crippen LogP contribution >= 0.6 is 0 Å². The van der Waals surface area contributed by atoms with Crippen LogP contribution in [0.3, 0.4) is 0 Å². The van der Waals surface area contributed by atoms with Crippen LogP contribution in [0.15, 0.2) is 30.3 Å². The lowest BCUT2D eigenvalue weighted by Gasteiger charge is -2.22. The second kappa shape index (κ2) is 7.77. The van der Waals surface area contributed by atoms with Gasteiger partial charge in [-0.05, 0) is 49.0 Å². The van der Waals surface area contributed by atoms with E-state index in [2.05, 4.69) is 51.1 Å². The third kappa shape index (κ3) is 4.43. The number of hydrogen-bond acceptors (Lipinski definition) is 1. The molecule has 1 heteroatoms. The molecule has 1 aromatic carbocycles. The van der Waals surface area contributed by atoms with Crippen LogP contribution in [0, 0.1) is 23.7 Å². The van der Waals surface area contributed by atoms with E-state index in [1.807, 2.05) is 0 Å². The number of aryl methyl sites for hydroxylation is 1. The van der Waals surface area contributed by atoms with Crippen LogP contribution in [0.2, 0.25) is 0 Å². The van der Waals surface area contributed by atoms with E-state index in [1.54, 1.807) is 0 Å². The van der Waals surface area contributed by atoms with Crippen molar-refractivity contribution < 1.29 is 4.79 Å². The highest BCUT2D eigenvalue weighted by atomic mass is 16.1.